The van der Waals surface area contributed by atoms with Crippen LogP contribution in [0.15, 0.2) is 36.4 Å². The molecule has 0 unspecified atom stereocenters. The van der Waals surface area contributed by atoms with Crippen molar-refractivity contribution >= 4 is 17.6 Å². The Morgan fingerprint density at radius 1 is 1.03 bits per heavy atom. The molecule has 1 aromatic carbocycles. The van der Waals surface area contributed by atoms with Crippen molar-refractivity contribution in [2.75, 3.05) is 44.2 Å². The molecule has 1 saturated heterocycles. The van der Waals surface area contributed by atoms with Crippen molar-refractivity contribution in [1.29, 1.82) is 0 Å². The first-order valence-corrected chi connectivity index (χ1v) is 9.86. The van der Waals surface area contributed by atoms with E-state index in [4.69, 9.17) is 0 Å². The number of anilines is 1. The molecule has 0 saturated carbocycles. The van der Waals surface area contributed by atoms with E-state index in [9.17, 15) is 14.0 Å². The van der Waals surface area contributed by atoms with E-state index in [1.807, 2.05) is 24.0 Å². The predicted molar refractivity (Wildman–Crippen MR) is 109 cm³/mol. The number of halogens is 1. The Labute approximate surface area is 170 Å². The molecule has 154 valence electrons. The lowest BCUT2D eigenvalue weighted by molar-refractivity contribution is -0.139. The highest BCUT2D eigenvalue weighted by molar-refractivity contribution is 5.83. The second-order valence-corrected chi connectivity index (χ2v) is 7.04. The van der Waals surface area contributed by atoms with E-state index in [2.05, 4.69) is 15.1 Å². The molecule has 1 aliphatic rings. The predicted octanol–water partition coefficient (Wildman–Crippen LogP) is 2.19. The van der Waals surface area contributed by atoms with Crippen molar-refractivity contribution in [2.45, 2.75) is 20.3 Å². The molecular weight excluding hydrogens is 373 g/mol. The second-order valence-electron chi connectivity index (χ2n) is 7.04. The van der Waals surface area contributed by atoms with E-state index >= 15 is 0 Å². The van der Waals surface area contributed by atoms with E-state index in [1.54, 1.807) is 17.0 Å². The van der Waals surface area contributed by atoms with Crippen LogP contribution in [0.25, 0.3) is 11.3 Å². The van der Waals surface area contributed by atoms with E-state index < -0.39 is 0 Å². The Balaban J connectivity index is 1.61. The van der Waals surface area contributed by atoms with Crippen LogP contribution in [0.4, 0.5) is 10.2 Å². The number of nitrogens with zero attached hydrogens (tertiary/aromatic N) is 5. The van der Waals surface area contributed by atoms with Crippen molar-refractivity contribution in [3.63, 3.8) is 0 Å². The van der Waals surface area contributed by atoms with Gasteiger partial charge in [-0.25, -0.2) is 4.39 Å². The molecule has 1 aliphatic heterocycles. The largest absolute Gasteiger partial charge is 0.353 e. The van der Waals surface area contributed by atoms with Gasteiger partial charge in [0.05, 0.1) is 12.2 Å². The van der Waals surface area contributed by atoms with Crippen LogP contribution in [0.5, 0.6) is 0 Å². The Morgan fingerprint density at radius 3 is 2.41 bits per heavy atom. The molecule has 0 bridgehead atoms. The van der Waals surface area contributed by atoms with Crippen LogP contribution in [0, 0.1) is 5.82 Å². The first-order valence-electron chi connectivity index (χ1n) is 9.86. The fraction of sp³-hybridized carbons (Fsp3) is 0.429. The van der Waals surface area contributed by atoms with Crippen LogP contribution in [0.2, 0.25) is 0 Å². The topological polar surface area (TPSA) is 69.6 Å². The van der Waals surface area contributed by atoms with Gasteiger partial charge < -0.3 is 14.7 Å². The van der Waals surface area contributed by atoms with Crippen LogP contribution >= 0.6 is 0 Å². The van der Waals surface area contributed by atoms with Crippen molar-refractivity contribution in [2.24, 2.45) is 0 Å². The van der Waals surface area contributed by atoms with Gasteiger partial charge in [0.15, 0.2) is 5.82 Å². The molecule has 0 N–H and O–H groups in total. The number of aromatic nitrogens is 2. The summed E-state index contributed by atoms with van der Waals surface area (Å²) in [5.41, 5.74) is 1.49. The maximum absolute atomic E-state index is 13.1. The van der Waals surface area contributed by atoms with Gasteiger partial charge in [0.2, 0.25) is 11.8 Å². The maximum Gasteiger partial charge on any atom is 0.242 e. The van der Waals surface area contributed by atoms with E-state index in [-0.39, 0.29) is 24.2 Å². The molecule has 8 heteroatoms. The van der Waals surface area contributed by atoms with Crippen molar-refractivity contribution < 1.29 is 14.0 Å². The minimum atomic E-state index is -0.285. The first-order chi connectivity index (χ1) is 14.0. The first kappa shape index (κ1) is 20.7. The lowest BCUT2D eigenvalue weighted by atomic mass is 10.1. The minimum absolute atomic E-state index is 0.0263. The molecule has 0 aliphatic carbocycles. The molecule has 0 atom stereocenters. The van der Waals surface area contributed by atoms with Gasteiger partial charge in [-0.05, 0) is 49.7 Å². The molecule has 29 heavy (non-hydrogen) atoms. The number of carbonyl (C=O) groups excluding carboxylic acids is 2. The van der Waals surface area contributed by atoms with Gasteiger partial charge in [-0.15, -0.1) is 10.2 Å². The molecule has 3 rings (SSSR count). The molecule has 2 heterocycles. The van der Waals surface area contributed by atoms with Gasteiger partial charge in [-0.3, -0.25) is 9.59 Å². The summed E-state index contributed by atoms with van der Waals surface area (Å²) in [6.45, 7) is 6.67. The molecular formula is C21H26FN5O2. The third kappa shape index (κ3) is 5.28. The quantitative estimate of drug-likeness (QED) is 0.771. The third-order valence-electron chi connectivity index (χ3n) is 5.12. The Morgan fingerprint density at radius 2 is 1.79 bits per heavy atom. The summed E-state index contributed by atoms with van der Waals surface area (Å²) < 4.78 is 13.1. The number of rotatable bonds is 5. The number of hydrogen-bond acceptors (Lipinski definition) is 5. The third-order valence-corrected chi connectivity index (χ3v) is 5.12. The average molecular weight is 399 g/mol. The average Bonchev–Trinajstić information content (AvgIpc) is 2.99. The lowest BCUT2D eigenvalue weighted by Gasteiger charge is -2.25. The summed E-state index contributed by atoms with van der Waals surface area (Å²) in [5.74, 6) is 0.354. The van der Waals surface area contributed by atoms with Crippen LogP contribution < -0.4 is 4.90 Å². The summed E-state index contributed by atoms with van der Waals surface area (Å²) >= 11 is 0. The highest BCUT2D eigenvalue weighted by Crippen LogP contribution is 2.20. The molecule has 1 fully saturated rings. The highest BCUT2D eigenvalue weighted by Gasteiger charge is 2.22. The van der Waals surface area contributed by atoms with Crippen molar-refractivity contribution in [3.05, 3.63) is 42.2 Å². The van der Waals surface area contributed by atoms with E-state index in [1.165, 1.54) is 19.1 Å². The number of benzene rings is 1. The molecule has 0 spiro atoms. The zero-order valence-electron chi connectivity index (χ0n) is 16.8. The summed E-state index contributed by atoms with van der Waals surface area (Å²) in [6, 6.07) is 9.92. The second kappa shape index (κ2) is 9.45. The summed E-state index contributed by atoms with van der Waals surface area (Å²) in [4.78, 5) is 29.6. The molecule has 7 nitrogen and oxygen atoms in total. The van der Waals surface area contributed by atoms with Gasteiger partial charge in [0.1, 0.15) is 5.82 Å². The normalized spacial score (nSPS) is 14.4. The van der Waals surface area contributed by atoms with Gasteiger partial charge in [0.25, 0.3) is 0 Å². The molecule has 0 radical (unpaired) electrons. The summed E-state index contributed by atoms with van der Waals surface area (Å²) in [7, 11) is 0. The van der Waals surface area contributed by atoms with E-state index in [0.29, 0.717) is 31.9 Å². The van der Waals surface area contributed by atoms with Crippen LogP contribution in [-0.2, 0) is 9.59 Å². The van der Waals surface area contributed by atoms with Crippen molar-refractivity contribution in [1.82, 2.24) is 20.0 Å². The molecule has 1 aromatic heterocycles. The van der Waals surface area contributed by atoms with E-state index in [0.717, 1.165) is 24.3 Å². The standard InChI is InChI=1S/C21H26FN5O2/c1-3-25(16(2)28)15-21(29)27-12-4-11-26(13-14-27)20-10-9-19(23-24-20)17-5-7-18(22)8-6-17/h5-10H,3-4,11-15H2,1-2H3. The SMILES string of the molecule is CCN(CC(=O)N1CCCN(c2ccc(-c3ccc(F)cc3)nn2)CC1)C(C)=O. The lowest BCUT2D eigenvalue weighted by Crippen LogP contribution is -2.43. The number of amides is 2. The zero-order valence-corrected chi connectivity index (χ0v) is 16.8. The number of carbonyl (C=O) groups is 2. The Bertz CT molecular complexity index is 841. The van der Waals surface area contributed by atoms with Crippen LogP contribution in [-0.4, -0.2) is 71.1 Å². The fourth-order valence-electron chi connectivity index (χ4n) is 3.37. The van der Waals surface area contributed by atoms with Crippen molar-refractivity contribution in [3.8, 4) is 11.3 Å². The fourth-order valence-corrected chi connectivity index (χ4v) is 3.37. The minimum Gasteiger partial charge on any atom is -0.353 e. The van der Waals surface area contributed by atoms with Gasteiger partial charge >= 0.3 is 0 Å². The zero-order chi connectivity index (χ0) is 20.8. The van der Waals surface area contributed by atoms with Crippen LogP contribution in [0.1, 0.15) is 20.3 Å². The van der Waals surface area contributed by atoms with Gasteiger partial charge in [0, 0.05) is 45.2 Å². The molecule has 2 aromatic rings. The van der Waals surface area contributed by atoms with Gasteiger partial charge in [-0.1, -0.05) is 0 Å². The smallest absolute Gasteiger partial charge is 0.242 e. The van der Waals surface area contributed by atoms with Gasteiger partial charge in [-0.2, -0.15) is 0 Å². The highest BCUT2D eigenvalue weighted by atomic mass is 19.1. The monoisotopic (exact) mass is 399 g/mol. The summed E-state index contributed by atoms with van der Waals surface area (Å²) in [6.07, 6.45) is 0.819. The summed E-state index contributed by atoms with van der Waals surface area (Å²) in [5, 5.41) is 8.59. The molecule has 2 amide bonds. The number of likely N-dealkylation sites (N-methyl/N-ethyl adjacent to an activating group) is 1. The number of hydrogen-bond donors (Lipinski definition) is 0. The Hall–Kier alpha value is -3.03. The van der Waals surface area contributed by atoms with Crippen LogP contribution in [0.3, 0.4) is 0 Å². The maximum atomic E-state index is 13.1. The Kier molecular flexibility index (Phi) is 6.74.